The molecule has 5 nitrogen and oxygen atoms in total. The Morgan fingerprint density at radius 3 is 2.73 bits per heavy atom. The van der Waals surface area contributed by atoms with Crippen molar-refractivity contribution in [1.82, 2.24) is 10.7 Å². The van der Waals surface area contributed by atoms with Gasteiger partial charge in [0.05, 0.1) is 6.61 Å². The van der Waals surface area contributed by atoms with Gasteiger partial charge in [-0.2, -0.15) is 0 Å². The predicted molar refractivity (Wildman–Crippen MR) is 63.6 cm³/mol. The molecule has 15 heavy (non-hydrogen) atoms. The molecule has 0 aromatic heterocycles. The van der Waals surface area contributed by atoms with E-state index in [1.165, 1.54) is 6.42 Å². The number of nitrogens with one attached hydrogen (secondary N) is 2. The quantitative estimate of drug-likeness (QED) is 0.190. The molecular weight excluding hydrogens is 192 g/mol. The predicted octanol–water partition coefficient (Wildman–Crippen LogP) is 0.478. The van der Waals surface area contributed by atoms with Crippen LogP contribution in [0.4, 0.5) is 0 Å². The summed E-state index contributed by atoms with van der Waals surface area (Å²) in [7, 11) is 1.66. The summed E-state index contributed by atoms with van der Waals surface area (Å²) in [6.45, 7) is 6.58. The van der Waals surface area contributed by atoms with Crippen molar-refractivity contribution < 1.29 is 4.74 Å². The molecule has 0 amide bonds. The van der Waals surface area contributed by atoms with Crippen molar-refractivity contribution in [3.8, 4) is 0 Å². The highest BCUT2D eigenvalue weighted by Crippen LogP contribution is 2.02. The van der Waals surface area contributed by atoms with Crippen molar-refractivity contribution in [2.45, 2.75) is 26.7 Å². The monoisotopic (exact) mass is 216 g/mol. The number of hydrazine groups is 1. The molecule has 0 atom stereocenters. The number of hydrogen-bond donors (Lipinski definition) is 3. The number of nitrogens with two attached hydrogens (primary N) is 1. The second-order valence-corrected chi connectivity index (χ2v) is 3.83. The zero-order chi connectivity index (χ0) is 11.5. The van der Waals surface area contributed by atoms with Gasteiger partial charge in [0.15, 0.2) is 0 Å². The van der Waals surface area contributed by atoms with Crippen molar-refractivity contribution >= 4 is 5.96 Å². The van der Waals surface area contributed by atoms with E-state index in [0.717, 1.165) is 18.9 Å². The van der Waals surface area contributed by atoms with Gasteiger partial charge >= 0.3 is 0 Å². The maximum atomic E-state index is 5.31. The van der Waals surface area contributed by atoms with Gasteiger partial charge in [-0.3, -0.25) is 10.4 Å². The molecule has 0 spiro atoms. The molecule has 0 aliphatic rings. The summed E-state index contributed by atoms with van der Waals surface area (Å²) < 4.78 is 4.91. The maximum Gasteiger partial charge on any atom is 0.205 e. The Labute approximate surface area is 92.4 Å². The van der Waals surface area contributed by atoms with E-state index in [1.54, 1.807) is 7.11 Å². The summed E-state index contributed by atoms with van der Waals surface area (Å²) in [6, 6.07) is 0. The number of hydrogen-bond acceptors (Lipinski definition) is 3. The van der Waals surface area contributed by atoms with E-state index >= 15 is 0 Å². The fourth-order valence-electron chi connectivity index (χ4n) is 1.11. The Morgan fingerprint density at radius 1 is 1.47 bits per heavy atom. The molecule has 0 aromatic carbocycles. The molecule has 0 saturated heterocycles. The van der Waals surface area contributed by atoms with Gasteiger partial charge < -0.3 is 10.1 Å². The van der Waals surface area contributed by atoms with Crippen LogP contribution in [0.15, 0.2) is 4.99 Å². The normalized spacial score (nSPS) is 11.9. The highest BCUT2D eigenvalue weighted by molar-refractivity contribution is 5.79. The summed E-state index contributed by atoms with van der Waals surface area (Å²) in [6.07, 6.45) is 2.29. The van der Waals surface area contributed by atoms with Crippen molar-refractivity contribution in [1.29, 1.82) is 0 Å². The summed E-state index contributed by atoms with van der Waals surface area (Å²) in [5, 5.41) is 3.05. The number of guanidine groups is 1. The molecule has 0 fully saturated rings. The van der Waals surface area contributed by atoms with Gasteiger partial charge in [-0.25, -0.2) is 5.84 Å². The zero-order valence-electron chi connectivity index (χ0n) is 10.0. The number of nitrogens with zero attached hydrogens (tertiary/aromatic N) is 1. The van der Waals surface area contributed by atoms with Gasteiger partial charge in [-0.05, 0) is 18.8 Å². The third-order valence-corrected chi connectivity index (χ3v) is 1.94. The van der Waals surface area contributed by atoms with Crippen molar-refractivity contribution in [2.24, 2.45) is 16.8 Å². The second-order valence-electron chi connectivity index (χ2n) is 3.83. The Kier molecular flexibility index (Phi) is 9.21. The highest BCUT2D eigenvalue weighted by atomic mass is 16.5. The SMILES string of the molecule is COCCNC(=NCCCC(C)C)NN. The second kappa shape index (κ2) is 9.73. The summed E-state index contributed by atoms with van der Waals surface area (Å²) >= 11 is 0. The molecule has 0 aliphatic carbocycles. The van der Waals surface area contributed by atoms with Crippen LogP contribution < -0.4 is 16.6 Å². The van der Waals surface area contributed by atoms with Gasteiger partial charge in [0.1, 0.15) is 0 Å². The topological polar surface area (TPSA) is 71.7 Å². The third kappa shape index (κ3) is 9.49. The number of methoxy groups -OCH3 is 1. The third-order valence-electron chi connectivity index (χ3n) is 1.94. The highest BCUT2D eigenvalue weighted by Gasteiger charge is 1.95. The lowest BCUT2D eigenvalue weighted by Gasteiger charge is -2.08. The minimum atomic E-state index is 0.635. The first-order valence-corrected chi connectivity index (χ1v) is 5.44. The van der Waals surface area contributed by atoms with Crippen LogP contribution in [0.5, 0.6) is 0 Å². The molecule has 90 valence electrons. The maximum absolute atomic E-state index is 5.31. The standard InChI is InChI=1S/C10H24N4O/c1-9(2)5-4-6-12-10(14-11)13-7-8-15-3/h9H,4-8,11H2,1-3H3,(H2,12,13,14). The number of ether oxygens (including phenoxy) is 1. The molecular formula is C10H24N4O. The summed E-state index contributed by atoms with van der Waals surface area (Å²) in [4.78, 5) is 4.30. The Hall–Kier alpha value is -0.810. The molecule has 0 unspecified atom stereocenters. The average Bonchev–Trinajstić information content (AvgIpc) is 2.21. The van der Waals surface area contributed by atoms with E-state index in [-0.39, 0.29) is 0 Å². The van der Waals surface area contributed by atoms with Crippen LogP contribution in [-0.2, 0) is 4.74 Å². The Bertz CT molecular complexity index is 171. The molecule has 5 heteroatoms. The Morgan fingerprint density at radius 2 is 2.20 bits per heavy atom. The van der Waals surface area contributed by atoms with Gasteiger partial charge in [-0.15, -0.1) is 0 Å². The van der Waals surface area contributed by atoms with E-state index in [0.29, 0.717) is 19.1 Å². The molecule has 0 heterocycles. The first kappa shape index (κ1) is 14.2. The van der Waals surface area contributed by atoms with Crippen molar-refractivity contribution in [3.05, 3.63) is 0 Å². The van der Waals surface area contributed by atoms with Gasteiger partial charge in [0.25, 0.3) is 0 Å². The van der Waals surface area contributed by atoms with Crippen LogP contribution in [0.2, 0.25) is 0 Å². The van der Waals surface area contributed by atoms with Crippen LogP contribution in [0, 0.1) is 5.92 Å². The van der Waals surface area contributed by atoms with Crippen molar-refractivity contribution in [3.63, 3.8) is 0 Å². The van der Waals surface area contributed by atoms with Crippen LogP contribution in [0.25, 0.3) is 0 Å². The van der Waals surface area contributed by atoms with Crippen molar-refractivity contribution in [2.75, 3.05) is 26.8 Å². The van der Waals surface area contributed by atoms with E-state index in [4.69, 9.17) is 10.6 Å². The van der Waals surface area contributed by atoms with Crippen LogP contribution in [0.1, 0.15) is 26.7 Å². The van der Waals surface area contributed by atoms with E-state index in [1.807, 2.05) is 0 Å². The van der Waals surface area contributed by atoms with Gasteiger partial charge in [0.2, 0.25) is 5.96 Å². The molecule has 0 saturated carbocycles. The lowest BCUT2D eigenvalue weighted by molar-refractivity contribution is 0.203. The lowest BCUT2D eigenvalue weighted by Crippen LogP contribution is -2.42. The van der Waals surface area contributed by atoms with Gasteiger partial charge in [0, 0.05) is 20.2 Å². The van der Waals surface area contributed by atoms with Crippen LogP contribution >= 0.6 is 0 Å². The molecule has 0 rings (SSSR count). The molecule has 0 aromatic rings. The molecule has 0 aliphatic heterocycles. The fourth-order valence-corrected chi connectivity index (χ4v) is 1.11. The van der Waals surface area contributed by atoms with E-state index < -0.39 is 0 Å². The molecule has 0 bridgehead atoms. The van der Waals surface area contributed by atoms with E-state index in [9.17, 15) is 0 Å². The molecule has 0 radical (unpaired) electrons. The number of aliphatic imine (C=N–C) groups is 1. The summed E-state index contributed by atoms with van der Waals surface area (Å²) in [5.74, 6) is 6.68. The van der Waals surface area contributed by atoms with Crippen LogP contribution in [0.3, 0.4) is 0 Å². The molecule has 4 N–H and O–H groups in total. The Balaban J connectivity index is 3.59. The largest absolute Gasteiger partial charge is 0.383 e. The minimum absolute atomic E-state index is 0.635. The van der Waals surface area contributed by atoms with Gasteiger partial charge in [-0.1, -0.05) is 13.8 Å². The first-order chi connectivity index (χ1) is 7.20. The first-order valence-electron chi connectivity index (χ1n) is 5.44. The smallest absolute Gasteiger partial charge is 0.205 e. The lowest BCUT2D eigenvalue weighted by atomic mass is 10.1. The van der Waals surface area contributed by atoms with E-state index in [2.05, 4.69) is 29.6 Å². The fraction of sp³-hybridized carbons (Fsp3) is 0.900. The van der Waals surface area contributed by atoms with Crippen LogP contribution in [-0.4, -0.2) is 32.8 Å². The minimum Gasteiger partial charge on any atom is -0.383 e. The zero-order valence-corrected chi connectivity index (χ0v) is 10.0. The summed E-state index contributed by atoms with van der Waals surface area (Å²) in [5.41, 5.74) is 2.53. The number of rotatable bonds is 7. The average molecular weight is 216 g/mol.